The van der Waals surface area contributed by atoms with Gasteiger partial charge in [-0.1, -0.05) is 30.3 Å². The highest BCUT2D eigenvalue weighted by atomic mass is 19.2. The molecule has 0 bridgehead atoms. The van der Waals surface area contributed by atoms with E-state index in [0.717, 1.165) is 57.5 Å². The summed E-state index contributed by atoms with van der Waals surface area (Å²) in [5.74, 6) is -3.16. The van der Waals surface area contributed by atoms with Crippen molar-refractivity contribution in [2.45, 2.75) is 114 Å². The molecule has 0 saturated carbocycles. The van der Waals surface area contributed by atoms with E-state index in [1.54, 1.807) is 43.5 Å². The number of nitrogens with zero attached hydrogens (tertiary/aromatic N) is 2. The minimum atomic E-state index is -1.23. The van der Waals surface area contributed by atoms with Crippen LogP contribution in [0.15, 0.2) is 91.3 Å². The summed E-state index contributed by atoms with van der Waals surface area (Å²) in [5, 5.41) is 52.4. The lowest BCUT2D eigenvalue weighted by atomic mass is 9.69. The number of hydrogen-bond donors (Lipinski definition) is 6. The summed E-state index contributed by atoms with van der Waals surface area (Å²) in [4.78, 5) is 8.26. The van der Waals surface area contributed by atoms with Crippen LogP contribution in [0.1, 0.15) is 112 Å². The van der Waals surface area contributed by atoms with E-state index >= 15 is 0 Å². The Morgan fingerprint density at radius 2 is 1.03 bits per heavy atom. The van der Waals surface area contributed by atoms with Gasteiger partial charge in [0.25, 0.3) is 0 Å². The Bertz CT molecular complexity index is 2670. The largest absolute Gasteiger partial charge is 0.497 e. The predicted molar refractivity (Wildman–Crippen MR) is 265 cm³/mol. The fourth-order valence-corrected chi connectivity index (χ4v) is 10.8. The van der Waals surface area contributed by atoms with Gasteiger partial charge < -0.3 is 40.5 Å². The Hall–Kier alpha value is -5.29. The monoisotopic (exact) mass is 986 g/mol. The highest BCUT2D eigenvalue weighted by Gasteiger charge is 2.40. The molecule has 0 spiro atoms. The third kappa shape index (κ3) is 13.2. The zero-order chi connectivity index (χ0) is 50.5. The van der Waals surface area contributed by atoms with Gasteiger partial charge in [-0.3, -0.25) is 9.97 Å². The molecule has 10 nitrogen and oxygen atoms in total. The Balaban J connectivity index is 0.000000209. The zero-order valence-electron chi connectivity index (χ0n) is 40.6. The van der Waals surface area contributed by atoms with Crippen molar-refractivity contribution in [3.63, 3.8) is 0 Å². The molecule has 71 heavy (non-hydrogen) atoms. The molecule has 2 aliphatic heterocycles. The second-order valence-corrected chi connectivity index (χ2v) is 19.3. The van der Waals surface area contributed by atoms with Crippen molar-refractivity contribution in [3.05, 3.63) is 143 Å². The molecule has 2 aliphatic rings. The summed E-state index contributed by atoms with van der Waals surface area (Å²) in [7, 11) is 3.06. The molecule has 2 aromatic heterocycles. The van der Waals surface area contributed by atoms with Crippen LogP contribution in [0.25, 0.3) is 21.8 Å². The third-order valence-corrected chi connectivity index (χ3v) is 15.0. The third-order valence-electron chi connectivity index (χ3n) is 15.0. The van der Waals surface area contributed by atoms with E-state index in [2.05, 4.69) is 32.7 Å². The van der Waals surface area contributed by atoms with E-state index in [-0.39, 0.29) is 34.9 Å². The first-order chi connectivity index (χ1) is 34.3. The Kier molecular flexibility index (Phi) is 18.8. The normalized spacial score (nSPS) is 17.2. The van der Waals surface area contributed by atoms with Crippen molar-refractivity contribution in [3.8, 4) is 11.5 Å². The average molecular weight is 987 g/mol. The van der Waals surface area contributed by atoms with Gasteiger partial charge in [-0.25, -0.2) is 22.0 Å². The van der Waals surface area contributed by atoms with Crippen LogP contribution in [0.5, 0.6) is 11.5 Å². The Morgan fingerprint density at radius 1 is 0.563 bits per heavy atom. The van der Waals surface area contributed by atoms with E-state index < -0.39 is 58.9 Å². The summed E-state index contributed by atoms with van der Waals surface area (Å²) in [6.45, 7) is 3.05. The van der Waals surface area contributed by atoms with Gasteiger partial charge >= 0.3 is 0 Å². The molecule has 6 aromatic rings. The van der Waals surface area contributed by atoms with Gasteiger partial charge in [0, 0.05) is 28.0 Å². The Morgan fingerprint density at radius 3 is 1.49 bits per heavy atom. The van der Waals surface area contributed by atoms with Gasteiger partial charge in [0.05, 0.1) is 62.1 Å². The number of ether oxygens (including phenoxy) is 2. The minimum absolute atomic E-state index is 0.0602. The number of methoxy groups -OCH3 is 2. The SMILES string of the molecule is COc1ccc2ncc(F)c([C@H](O)CCC3([C@@H](O)CCCc4cc(F)cc(F)c4F)CCNCC3)c2c1.COc1ccc2ncc(F)c([C@H](O)CCC3([C@@H](O)CCCc4ccccc4)CCNCC3)c2c1. The number of pyridine rings is 2. The number of fused-ring (bicyclic) bond motifs is 2. The maximum Gasteiger partial charge on any atom is 0.162 e. The fourth-order valence-electron chi connectivity index (χ4n) is 10.8. The van der Waals surface area contributed by atoms with Crippen molar-refractivity contribution in [2.24, 2.45) is 10.8 Å². The van der Waals surface area contributed by atoms with Gasteiger partial charge in [-0.15, -0.1) is 0 Å². The number of aliphatic hydroxyl groups is 4. The summed E-state index contributed by atoms with van der Waals surface area (Å²) in [5.41, 5.74) is 1.96. The van der Waals surface area contributed by atoms with Crippen molar-refractivity contribution >= 4 is 21.8 Å². The first-order valence-corrected chi connectivity index (χ1v) is 24.8. The molecule has 382 valence electrons. The number of aromatic nitrogens is 2. The number of halogens is 5. The van der Waals surface area contributed by atoms with Crippen LogP contribution in [0.3, 0.4) is 0 Å². The van der Waals surface area contributed by atoms with Gasteiger partial charge in [0.2, 0.25) is 0 Å². The molecular formula is C56H67F5N4O6. The maximum atomic E-state index is 14.8. The number of hydrogen-bond acceptors (Lipinski definition) is 10. The predicted octanol–water partition coefficient (Wildman–Crippen LogP) is 10.3. The molecule has 8 rings (SSSR count). The Labute approximate surface area is 412 Å². The van der Waals surface area contributed by atoms with Crippen LogP contribution in [-0.2, 0) is 12.8 Å². The van der Waals surface area contributed by atoms with Crippen LogP contribution in [0, 0.1) is 39.9 Å². The number of nitrogens with one attached hydrogen (secondary N) is 2. The molecule has 4 aromatic carbocycles. The lowest BCUT2D eigenvalue weighted by Crippen LogP contribution is -2.44. The second kappa shape index (κ2) is 24.9. The van der Waals surface area contributed by atoms with Gasteiger partial charge in [-0.2, -0.15) is 0 Å². The number of aliphatic hydroxyl groups excluding tert-OH is 4. The van der Waals surface area contributed by atoms with Gasteiger partial charge in [-0.05, 0) is 180 Å². The van der Waals surface area contributed by atoms with Crippen molar-refractivity contribution in [1.82, 2.24) is 20.6 Å². The molecular weight excluding hydrogens is 920 g/mol. The molecule has 0 amide bonds. The highest BCUT2D eigenvalue weighted by Crippen LogP contribution is 2.44. The van der Waals surface area contributed by atoms with Gasteiger partial charge in [0.1, 0.15) is 29.0 Å². The van der Waals surface area contributed by atoms with Crippen LogP contribution in [-0.4, -0.2) is 83.0 Å². The summed E-state index contributed by atoms with van der Waals surface area (Å²) in [6.07, 6.45) is 6.88. The number of aryl methyl sites for hydroxylation is 2. The van der Waals surface area contributed by atoms with E-state index in [1.165, 1.54) is 18.9 Å². The minimum Gasteiger partial charge on any atom is -0.497 e. The van der Waals surface area contributed by atoms with Crippen molar-refractivity contribution in [2.75, 3.05) is 40.4 Å². The first-order valence-electron chi connectivity index (χ1n) is 24.8. The summed E-state index contributed by atoms with van der Waals surface area (Å²) >= 11 is 0. The molecule has 4 heterocycles. The number of benzene rings is 4. The number of piperidine rings is 2. The topological polar surface area (TPSA) is 149 Å². The molecule has 4 atom stereocenters. The molecule has 0 radical (unpaired) electrons. The van der Waals surface area contributed by atoms with Crippen molar-refractivity contribution in [1.29, 1.82) is 0 Å². The molecule has 0 aliphatic carbocycles. The first kappa shape index (κ1) is 53.5. The highest BCUT2D eigenvalue weighted by molar-refractivity contribution is 5.85. The summed E-state index contributed by atoms with van der Waals surface area (Å²) < 4.78 is 81.3. The average Bonchev–Trinajstić information content (AvgIpc) is 3.39. The van der Waals surface area contributed by atoms with Gasteiger partial charge in [0.15, 0.2) is 11.6 Å². The quantitative estimate of drug-likeness (QED) is 0.0323. The van der Waals surface area contributed by atoms with E-state index in [9.17, 15) is 42.4 Å². The van der Waals surface area contributed by atoms with E-state index in [1.807, 2.05) is 18.2 Å². The van der Waals surface area contributed by atoms with Crippen molar-refractivity contribution < 1.29 is 51.9 Å². The standard InChI is InChI=1S/C28H32F4N2O3.C28H35FN2O3/c1-37-19-5-6-23-20(15-19)26(22(31)16-34-23)24(35)7-8-28(9-11-33-12-10-28)25(36)4-2-3-17-13-18(29)14-21(30)27(17)32;1-34-21-10-11-24-22(18-21)27(23(29)19-31-24)25(32)12-13-28(14-16-30-17-15-28)26(33)9-5-8-20-6-3-2-4-7-20/h5-6,13-16,24-25,33,35-36H,2-4,7-12H2,1H3;2-4,6-7,10-11,18-19,25-26,30,32-33H,5,8-9,12-17H2,1H3/t24-,25+;25-,26+/m11/s1. The van der Waals surface area contributed by atoms with Crippen LogP contribution in [0.4, 0.5) is 22.0 Å². The smallest absolute Gasteiger partial charge is 0.162 e. The number of rotatable bonds is 20. The summed E-state index contributed by atoms with van der Waals surface area (Å²) in [6, 6.07) is 22.2. The molecule has 6 N–H and O–H groups in total. The molecule has 2 fully saturated rings. The van der Waals surface area contributed by atoms with E-state index in [4.69, 9.17) is 9.47 Å². The second-order valence-electron chi connectivity index (χ2n) is 19.3. The lowest BCUT2D eigenvalue weighted by molar-refractivity contribution is -0.0212. The van der Waals surface area contributed by atoms with Crippen LogP contribution < -0.4 is 20.1 Å². The molecule has 0 unspecified atom stereocenters. The molecule has 15 heteroatoms. The lowest BCUT2D eigenvalue weighted by Gasteiger charge is -2.42. The van der Waals surface area contributed by atoms with Crippen LogP contribution in [0.2, 0.25) is 0 Å². The fraction of sp³-hybridized carbons (Fsp3) is 0.464. The van der Waals surface area contributed by atoms with E-state index in [0.29, 0.717) is 97.4 Å². The molecule has 2 saturated heterocycles. The van der Waals surface area contributed by atoms with Crippen LogP contribution >= 0.6 is 0 Å². The maximum absolute atomic E-state index is 14.8. The zero-order valence-corrected chi connectivity index (χ0v) is 40.6.